The fourth-order valence-corrected chi connectivity index (χ4v) is 4.19. The number of H-pyrrole nitrogens is 1. The number of rotatable bonds is 4. The highest BCUT2D eigenvalue weighted by molar-refractivity contribution is 6.20. The first-order valence-corrected chi connectivity index (χ1v) is 10.4. The number of pyridine rings is 1. The Morgan fingerprint density at radius 3 is 2.77 bits per heavy atom. The second-order valence-electron chi connectivity index (χ2n) is 7.88. The van der Waals surface area contributed by atoms with E-state index in [0.717, 1.165) is 63.2 Å². The van der Waals surface area contributed by atoms with Crippen molar-refractivity contribution in [1.82, 2.24) is 24.8 Å². The number of aromatic nitrogens is 3. The Labute approximate surface area is 174 Å². The number of piperazine rings is 1. The number of anilines is 1. The number of amides is 1. The van der Waals surface area contributed by atoms with Crippen LogP contribution in [0.2, 0.25) is 0 Å². The number of allylic oxidation sites excluding steroid dienone is 1. The van der Waals surface area contributed by atoms with Crippen LogP contribution < -0.4 is 4.90 Å². The van der Waals surface area contributed by atoms with Crippen molar-refractivity contribution in [2.75, 3.05) is 50.7 Å². The van der Waals surface area contributed by atoms with Crippen LogP contribution in [0.4, 0.5) is 11.8 Å². The van der Waals surface area contributed by atoms with Gasteiger partial charge >= 0.3 is 0 Å². The summed E-state index contributed by atoms with van der Waals surface area (Å²) in [4.78, 5) is 34.7. The normalized spacial score (nSPS) is 20.3. The van der Waals surface area contributed by atoms with E-state index in [4.69, 9.17) is 0 Å². The monoisotopic (exact) mass is 407 g/mol. The van der Waals surface area contributed by atoms with E-state index < -0.39 is 0 Å². The molecule has 30 heavy (non-hydrogen) atoms. The predicted octanol–water partition coefficient (Wildman–Crippen LogP) is 1.51. The number of fused-ring (bicyclic) bond motifs is 1. The van der Waals surface area contributed by atoms with Crippen molar-refractivity contribution >= 4 is 35.5 Å². The molecule has 0 spiro atoms. The number of hydrogen-bond acceptors (Lipinski definition) is 7. The van der Waals surface area contributed by atoms with E-state index >= 15 is 0 Å². The number of carbonyl (C=O) groups is 1. The van der Waals surface area contributed by atoms with Crippen LogP contribution in [0.5, 0.6) is 5.88 Å². The molecule has 0 saturated carbocycles. The van der Waals surface area contributed by atoms with Gasteiger partial charge in [0, 0.05) is 62.8 Å². The average Bonchev–Trinajstić information content (AvgIpc) is 3.50. The van der Waals surface area contributed by atoms with Gasteiger partial charge in [0.1, 0.15) is 5.69 Å². The van der Waals surface area contributed by atoms with Crippen LogP contribution in [0.3, 0.4) is 0 Å². The third kappa shape index (κ3) is 3.68. The molecule has 2 fully saturated rings. The van der Waals surface area contributed by atoms with Crippen LogP contribution in [0, 0.1) is 0 Å². The summed E-state index contributed by atoms with van der Waals surface area (Å²) < 4.78 is 0. The number of likely N-dealkylation sites (tertiary alicyclic amines) is 1. The third-order valence-electron chi connectivity index (χ3n) is 5.91. The molecule has 0 bridgehead atoms. The Morgan fingerprint density at radius 1 is 1.17 bits per heavy atom. The largest absolute Gasteiger partial charge is 0.492 e. The standard InChI is InChI=1S/C21H25N7O2/c29-18(27-6-1-2-7-27)14-26-8-10-28(11-9-26)21-24-17(20(30)25-21)12-15-13-23-19-16(15)4-3-5-22-19/h3-5,12-13,30H,1-2,6-11,14H2,(H,24,25). The van der Waals surface area contributed by atoms with Crippen LogP contribution in [0.15, 0.2) is 23.3 Å². The molecule has 0 unspecified atom stereocenters. The summed E-state index contributed by atoms with van der Waals surface area (Å²) >= 11 is 0. The van der Waals surface area contributed by atoms with Crippen molar-refractivity contribution in [3.8, 4) is 5.88 Å². The number of aliphatic imine (C=N–C) groups is 1. The number of aromatic hydroxyl groups is 1. The van der Waals surface area contributed by atoms with Crippen LogP contribution in [0.1, 0.15) is 24.1 Å². The van der Waals surface area contributed by atoms with Crippen molar-refractivity contribution in [3.63, 3.8) is 0 Å². The molecule has 2 saturated heterocycles. The molecule has 9 nitrogen and oxygen atoms in total. The highest BCUT2D eigenvalue weighted by Crippen LogP contribution is 2.32. The van der Waals surface area contributed by atoms with Gasteiger partial charge in [0.2, 0.25) is 17.7 Å². The van der Waals surface area contributed by atoms with Crippen molar-refractivity contribution in [1.29, 1.82) is 0 Å². The Kier molecular flexibility index (Phi) is 4.96. The summed E-state index contributed by atoms with van der Waals surface area (Å²) in [6.45, 7) is 5.38. The van der Waals surface area contributed by atoms with Gasteiger partial charge in [-0.05, 0) is 31.1 Å². The van der Waals surface area contributed by atoms with Crippen molar-refractivity contribution in [3.05, 3.63) is 29.6 Å². The van der Waals surface area contributed by atoms with Gasteiger partial charge in [-0.1, -0.05) is 0 Å². The number of carbonyl (C=O) groups excluding carboxylic acids is 1. The Bertz CT molecular complexity index is 999. The number of aromatic amines is 1. The van der Waals surface area contributed by atoms with E-state index in [-0.39, 0.29) is 11.8 Å². The fraction of sp³-hybridized carbons (Fsp3) is 0.429. The number of imidazole rings is 1. The summed E-state index contributed by atoms with van der Waals surface area (Å²) in [6, 6.07) is 3.83. The van der Waals surface area contributed by atoms with Gasteiger partial charge in [-0.25, -0.2) is 9.98 Å². The lowest BCUT2D eigenvalue weighted by Crippen LogP contribution is -2.50. The van der Waals surface area contributed by atoms with Gasteiger partial charge in [-0.2, -0.15) is 4.98 Å². The minimum atomic E-state index is -0.0325. The fourth-order valence-electron chi connectivity index (χ4n) is 4.19. The molecular weight excluding hydrogens is 382 g/mol. The highest BCUT2D eigenvalue weighted by Gasteiger charge is 2.25. The van der Waals surface area contributed by atoms with E-state index in [0.29, 0.717) is 24.0 Å². The number of nitrogens with one attached hydrogen (secondary N) is 1. The third-order valence-corrected chi connectivity index (χ3v) is 5.91. The molecule has 9 heteroatoms. The molecule has 1 amide bonds. The molecule has 0 aromatic carbocycles. The topological polar surface area (TPSA) is 101 Å². The molecule has 2 N–H and O–H groups in total. The van der Waals surface area contributed by atoms with Crippen molar-refractivity contribution in [2.24, 2.45) is 4.99 Å². The first kappa shape index (κ1) is 18.8. The minimum absolute atomic E-state index is 0.0325. The summed E-state index contributed by atoms with van der Waals surface area (Å²) in [6.07, 6.45) is 7.53. The smallest absolute Gasteiger partial charge is 0.238 e. The average molecular weight is 407 g/mol. The molecule has 5 heterocycles. The summed E-state index contributed by atoms with van der Waals surface area (Å²) in [5.74, 6) is 1.53. The quantitative estimate of drug-likeness (QED) is 0.797. The zero-order valence-corrected chi connectivity index (χ0v) is 16.8. The van der Waals surface area contributed by atoms with Gasteiger partial charge in [0.25, 0.3) is 0 Å². The van der Waals surface area contributed by atoms with Gasteiger partial charge in [-0.15, -0.1) is 0 Å². The second-order valence-corrected chi connectivity index (χ2v) is 7.88. The predicted molar refractivity (Wildman–Crippen MR) is 115 cm³/mol. The van der Waals surface area contributed by atoms with E-state index in [2.05, 4.69) is 29.7 Å². The first-order valence-electron chi connectivity index (χ1n) is 10.4. The van der Waals surface area contributed by atoms with Crippen molar-refractivity contribution < 1.29 is 9.90 Å². The molecule has 0 radical (unpaired) electrons. The van der Waals surface area contributed by atoms with E-state index in [1.54, 1.807) is 12.4 Å². The maximum atomic E-state index is 12.4. The van der Waals surface area contributed by atoms with E-state index in [9.17, 15) is 9.90 Å². The Morgan fingerprint density at radius 2 is 1.97 bits per heavy atom. The lowest BCUT2D eigenvalue weighted by molar-refractivity contribution is -0.131. The molecule has 2 aromatic heterocycles. The molecular formula is C21H25N7O2. The van der Waals surface area contributed by atoms with Crippen LogP contribution in [-0.2, 0) is 4.79 Å². The Balaban J connectivity index is 1.22. The van der Waals surface area contributed by atoms with Gasteiger partial charge < -0.3 is 19.9 Å². The van der Waals surface area contributed by atoms with Gasteiger partial charge in [0.05, 0.1) is 6.54 Å². The molecule has 3 aliphatic heterocycles. The van der Waals surface area contributed by atoms with Crippen LogP contribution >= 0.6 is 0 Å². The molecule has 0 atom stereocenters. The summed E-state index contributed by atoms with van der Waals surface area (Å²) in [7, 11) is 0. The minimum Gasteiger partial charge on any atom is -0.492 e. The lowest BCUT2D eigenvalue weighted by atomic mass is 10.1. The first-order chi connectivity index (χ1) is 14.7. The van der Waals surface area contributed by atoms with Crippen LogP contribution in [0.25, 0.3) is 11.6 Å². The molecule has 0 aliphatic carbocycles. The van der Waals surface area contributed by atoms with Crippen LogP contribution in [-0.4, -0.2) is 87.8 Å². The molecule has 3 aliphatic rings. The van der Waals surface area contributed by atoms with E-state index in [1.165, 1.54) is 0 Å². The maximum absolute atomic E-state index is 12.4. The number of hydrogen-bond donors (Lipinski definition) is 2. The van der Waals surface area contributed by atoms with E-state index in [1.807, 2.05) is 23.1 Å². The molecule has 2 aromatic rings. The van der Waals surface area contributed by atoms with Gasteiger partial charge in [0.15, 0.2) is 5.82 Å². The SMILES string of the molecule is O=C(CN1CCN(c2nc(O)c(C=C3C=Nc4ncccc43)[nH]2)CC1)N1CCCC1. The zero-order valence-electron chi connectivity index (χ0n) is 16.8. The van der Waals surface area contributed by atoms with Crippen molar-refractivity contribution in [2.45, 2.75) is 12.8 Å². The Hall–Kier alpha value is -3.20. The molecule has 156 valence electrons. The zero-order chi connectivity index (χ0) is 20.5. The highest BCUT2D eigenvalue weighted by atomic mass is 16.3. The summed E-state index contributed by atoms with van der Waals surface area (Å²) in [5, 5.41) is 10.3. The van der Waals surface area contributed by atoms with Gasteiger partial charge in [-0.3, -0.25) is 9.69 Å². The number of nitrogens with zero attached hydrogens (tertiary/aromatic N) is 6. The lowest BCUT2D eigenvalue weighted by Gasteiger charge is -2.34. The molecule has 5 rings (SSSR count). The summed E-state index contributed by atoms with van der Waals surface area (Å²) in [5.41, 5.74) is 2.37. The second kappa shape index (κ2) is 7.91. The maximum Gasteiger partial charge on any atom is 0.238 e.